The molecule has 4 nitrogen and oxygen atoms in total. The number of nitrogens with one attached hydrogen (secondary N) is 2. The van der Waals surface area contributed by atoms with Crippen molar-refractivity contribution in [2.75, 3.05) is 17.2 Å². The highest BCUT2D eigenvalue weighted by molar-refractivity contribution is 5.42. The van der Waals surface area contributed by atoms with Crippen molar-refractivity contribution in [1.82, 2.24) is 9.97 Å². The molecule has 4 heteroatoms. The Kier molecular flexibility index (Phi) is 6.19. The van der Waals surface area contributed by atoms with Crippen molar-refractivity contribution in [1.29, 1.82) is 0 Å². The quantitative estimate of drug-likeness (QED) is 0.722. The summed E-state index contributed by atoms with van der Waals surface area (Å²) in [6.07, 6.45) is 3.20. The molecule has 2 rings (SSSR count). The van der Waals surface area contributed by atoms with Gasteiger partial charge >= 0.3 is 0 Å². The van der Waals surface area contributed by atoms with Crippen LogP contribution in [0.25, 0.3) is 0 Å². The molecule has 2 aromatic rings. The monoisotopic (exact) mass is 298 g/mol. The zero-order valence-corrected chi connectivity index (χ0v) is 13.8. The first kappa shape index (κ1) is 16.3. The topological polar surface area (TPSA) is 49.8 Å². The second-order valence-electron chi connectivity index (χ2n) is 5.69. The van der Waals surface area contributed by atoms with Gasteiger partial charge in [-0.2, -0.15) is 4.98 Å². The summed E-state index contributed by atoms with van der Waals surface area (Å²) in [5, 5.41) is 6.72. The van der Waals surface area contributed by atoms with Gasteiger partial charge in [-0.15, -0.1) is 0 Å². The number of aromatic nitrogens is 2. The largest absolute Gasteiger partial charge is 0.367 e. The lowest BCUT2D eigenvalue weighted by atomic mass is 10.1. The van der Waals surface area contributed by atoms with E-state index < -0.39 is 0 Å². The van der Waals surface area contributed by atoms with Gasteiger partial charge in [-0.1, -0.05) is 37.3 Å². The number of hydrogen-bond donors (Lipinski definition) is 2. The van der Waals surface area contributed by atoms with E-state index in [1.165, 1.54) is 5.56 Å². The summed E-state index contributed by atoms with van der Waals surface area (Å²) in [4.78, 5) is 8.98. The van der Waals surface area contributed by atoms with Gasteiger partial charge in [0.25, 0.3) is 0 Å². The van der Waals surface area contributed by atoms with Crippen LogP contribution >= 0.6 is 0 Å². The summed E-state index contributed by atoms with van der Waals surface area (Å²) >= 11 is 0. The van der Waals surface area contributed by atoms with Crippen molar-refractivity contribution in [2.24, 2.45) is 0 Å². The smallest absolute Gasteiger partial charge is 0.224 e. The van der Waals surface area contributed by atoms with Crippen LogP contribution in [0.4, 0.5) is 11.8 Å². The first-order valence-electron chi connectivity index (χ1n) is 8.07. The minimum absolute atomic E-state index is 0.417. The third-order valence-corrected chi connectivity index (χ3v) is 3.63. The molecule has 1 aromatic carbocycles. The summed E-state index contributed by atoms with van der Waals surface area (Å²) < 4.78 is 0. The van der Waals surface area contributed by atoms with Crippen molar-refractivity contribution in [3.05, 3.63) is 47.7 Å². The van der Waals surface area contributed by atoms with Gasteiger partial charge < -0.3 is 10.6 Å². The van der Waals surface area contributed by atoms with E-state index in [1.54, 1.807) is 0 Å². The lowest BCUT2D eigenvalue weighted by Crippen LogP contribution is -2.16. The third kappa shape index (κ3) is 5.35. The maximum Gasteiger partial charge on any atom is 0.224 e. The van der Waals surface area contributed by atoms with Gasteiger partial charge in [0.15, 0.2) is 0 Å². The molecule has 0 amide bonds. The molecule has 22 heavy (non-hydrogen) atoms. The molecule has 2 N–H and O–H groups in total. The predicted octanol–water partition coefficient (Wildman–Crippen LogP) is 4.04. The van der Waals surface area contributed by atoms with Crippen LogP contribution in [0.2, 0.25) is 0 Å². The number of hydrogen-bond acceptors (Lipinski definition) is 4. The zero-order chi connectivity index (χ0) is 15.8. The number of rotatable bonds is 8. The average Bonchev–Trinajstić information content (AvgIpc) is 2.52. The van der Waals surface area contributed by atoms with E-state index in [4.69, 9.17) is 0 Å². The van der Waals surface area contributed by atoms with Gasteiger partial charge in [0.2, 0.25) is 5.95 Å². The molecule has 0 radical (unpaired) electrons. The van der Waals surface area contributed by atoms with Crippen LogP contribution < -0.4 is 10.6 Å². The Morgan fingerprint density at radius 3 is 2.64 bits per heavy atom. The molecular weight excluding hydrogens is 272 g/mol. The molecule has 0 aliphatic rings. The van der Waals surface area contributed by atoms with Gasteiger partial charge in [0.1, 0.15) is 5.82 Å². The van der Waals surface area contributed by atoms with E-state index in [0.29, 0.717) is 12.0 Å². The van der Waals surface area contributed by atoms with Gasteiger partial charge in [-0.05, 0) is 38.7 Å². The van der Waals surface area contributed by atoms with E-state index >= 15 is 0 Å². The molecule has 0 aliphatic heterocycles. The minimum atomic E-state index is 0.417. The van der Waals surface area contributed by atoms with Crippen molar-refractivity contribution >= 4 is 11.8 Å². The lowest BCUT2D eigenvalue weighted by Gasteiger charge is -2.14. The van der Waals surface area contributed by atoms with Crippen molar-refractivity contribution in [3.63, 3.8) is 0 Å². The maximum atomic E-state index is 4.53. The van der Waals surface area contributed by atoms with Crippen LogP contribution in [0.3, 0.4) is 0 Å². The van der Waals surface area contributed by atoms with Crippen molar-refractivity contribution in [2.45, 2.75) is 46.1 Å². The fourth-order valence-electron chi connectivity index (χ4n) is 2.21. The van der Waals surface area contributed by atoms with E-state index in [1.807, 2.05) is 19.1 Å². The third-order valence-electron chi connectivity index (χ3n) is 3.63. The number of nitrogens with zero attached hydrogens (tertiary/aromatic N) is 2. The summed E-state index contributed by atoms with van der Waals surface area (Å²) in [5.41, 5.74) is 2.35. The summed E-state index contributed by atoms with van der Waals surface area (Å²) in [7, 11) is 0. The maximum absolute atomic E-state index is 4.53. The zero-order valence-electron chi connectivity index (χ0n) is 13.8. The highest BCUT2D eigenvalue weighted by Gasteiger charge is 2.04. The Labute approximate surface area is 133 Å². The summed E-state index contributed by atoms with van der Waals surface area (Å²) in [6.45, 7) is 7.19. The molecule has 0 saturated heterocycles. The van der Waals surface area contributed by atoms with E-state index in [-0.39, 0.29) is 0 Å². The van der Waals surface area contributed by atoms with Crippen LogP contribution in [0.5, 0.6) is 0 Å². The Bertz CT molecular complexity index is 569. The Balaban J connectivity index is 1.84. The second-order valence-corrected chi connectivity index (χ2v) is 5.69. The van der Waals surface area contributed by atoms with E-state index in [2.05, 4.69) is 58.7 Å². The highest BCUT2D eigenvalue weighted by Crippen LogP contribution is 2.12. The van der Waals surface area contributed by atoms with Crippen LogP contribution in [-0.4, -0.2) is 22.6 Å². The van der Waals surface area contributed by atoms with Gasteiger partial charge in [0, 0.05) is 24.3 Å². The predicted molar refractivity (Wildman–Crippen MR) is 93.4 cm³/mol. The first-order valence-corrected chi connectivity index (χ1v) is 8.07. The SMILES string of the molecule is CCC(C)Nc1cc(C)nc(NCCCc2ccccc2)n1. The molecule has 0 spiro atoms. The normalized spacial score (nSPS) is 12.0. The van der Waals surface area contributed by atoms with Crippen LogP contribution in [0, 0.1) is 6.92 Å². The average molecular weight is 298 g/mol. The van der Waals surface area contributed by atoms with Crippen molar-refractivity contribution in [3.8, 4) is 0 Å². The van der Waals surface area contributed by atoms with Gasteiger partial charge in [-0.3, -0.25) is 0 Å². The molecule has 0 bridgehead atoms. The molecular formula is C18H26N4. The summed E-state index contributed by atoms with van der Waals surface area (Å²) in [6, 6.07) is 12.9. The number of aryl methyl sites for hydroxylation is 2. The molecule has 1 atom stereocenters. The fourth-order valence-corrected chi connectivity index (χ4v) is 2.21. The molecule has 1 aromatic heterocycles. The van der Waals surface area contributed by atoms with Crippen molar-refractivity contribution < 1.29 is 0 Å². The molecule has 0 fully saturated rings. The van der Waals surface area contributed by atoms with Crippen LogP contribution in [-0.2, 0) is 6.42 Å². The molecule has 1 heterocycles. The first-order chi connectivity index (χ1) is 10.7. The fraction of sp³-hybridized carbons (Fsp3) is 0.444. The summed E-state index contributed by atoms with van der Waals surface area (Å²) in [5.74, 6) is 1.60. The standard InChI is InChI=1S/C18H26N4/c1-4-14(2)20-17-13-15(3)21-18(22-17)19-12-8-11-16-9-6-5-7-10-16/h5-7,9-10,13-14H,4,8,11-12H2,1-3H3,(H2,19,20,21,22). The minimum Gasteiger partial charge on any atom is -0.367 e. The second kappa shape index (κ2) is 8.37. The van der Waals surface area contributed by atoms with Gasteiger partial charge in [-0.25, -0.2) is 4.98 Å². The van der Waals surface area contributed by atoms with Crippen LogP contribution in [0.1, 0.15) is 37.9 Å². The molecule has 0 saturated carbocycles. The molecule has 118 valence electrons. The Hall–Kier alpha value is -2.10. The van der Waals surface area contributed by atoms with Gasteiger partial charge in [0.05, 0.1) is 0 Å². The highest BCUT2D eigenvalue weighted by atomic mass is 15.1. The number of anilines is 2. The molecule has 1 unspecified atom stereocenters. The Morgan fingerprint density at radius 1 is 1.14 bits per heavy atom. The Morgan fingerprint density at radius 2 is 1.91 bits per heavy atom. The molecule has 0 aliphatic carbocycles. The van der Waals surface area contributed by atoms with Crippen LogP contribution in [0.15, 0.2) is 36.4 Å². The lowest BCUT2D eigenvalue weighted by molar-refractivity contribution is 0.757. The number of benzene rings is 1. The van der Waals surface area contributed by atoms with E-state index in [9.17, 15) is 0 Å². The van der Waals surface area contributed by atoms with E-state index in [0.717, 1.165) is 37.3 Å².